The van der Waals surface area contributed by atoms with Crippen LogP contribution >= 0.6 is 0 Å². The minimum absolute atomic E-state index is 0.218. The molecule has 82 valence electrons. The van der Waals surface area contributed by atoms with Crippen molar-refractivity contribution in [2.45, 2.75) is 12.5 Å². The van der Waals surface area contributed by atoms with E-state index < -0.39 is 23.6 Å². The molecular weight excluding hydrogens is 203 g/mol. The minimum Gasteiger partial charge on any atom is -0.505 e. The summed E-state index contributed by atoms with van der Waals surface area (Å²) in [5.41, 5.74) is 0.218. The number of phenolic OH excluding ortho intramolecular Hbond substituents is 1. The Labute approximate surface area is 85.9 Å². The van der Waals surface area contributed by atoms with Crippen LogP contribution in [-0.4, -0.2) is 23.3 Å². The molecule has 0 aromatic heterocycles. The van der Waals surface area contributed by atoms with Crippen molar-refractivity contribution in [1.82, 2.24) is 0 Å². The number of hydrogen-bond donors (Lipinski definition) is 2. The van der Waals surface area contributed by atoms with Gasteiger partial charge in [-0.1, -0.05) is 6.07 Å². The van der Waals surface area contributed by atoms with Gasteiger partial charge in [0.1, 0.15) is 0 Å². The highest BCUT2D eigenvalue weighted by molar-refractivity contribution is 5.70. The first kappa shape index (κ1) is 11.5. The maximum atomic E-state index is 12.9. The van der Waals surface area contributed by atoms with Crippen LogP contribution in [0.5, 0.6) is 5.75 Å². The van der Waals surface area contributed by atoms with Crippen LogP contribution in [0, 0.1) is 5.82 Å². The van der Waals surface area contributed by atoms with Crippen LogP contribution in [-0.2, 0) is 9.53 Å². The molecule has 0 aliphatic carbocycles. The molecule has 15 heavy (non-hydrogen) atoms. The number of methoxy groups -OCH3 is 1. The lowest BCUT2D eigenvalue weighted by Crippen LogP contribution is -2.08. The van der Waals surface area contributed by atoms with Gasteiger partial charge in [-0.05, 0) is 17.7 Å². The van der Waals surface area contributed by atoms with Gasteiger partial charge in [0, 0.05) is 0 Å². The monoisotopic (exact) mass is 214 g/mol. The number of ether oxygens (including phenoxy) is 1. The summed E-state index contributed by atoms with van der Waals surface area (Å²) in [6.07, 6.45) is -1.38. The zero-order chi connectivity index (χ0) is 11.4. The van der Waals surface area contributed by atoms with Crippen molar-refractivity contribution in [3.8, 4) is 5.75 Å². The molecule has 0 heterocycles. The average Bonchev–Trinajstić information content (AvgIpc) is 2.21. The molecular formula is C10H11FO4. The van der Waals surface area contributed by atoms with Gasteiger partial charge in [0.05, 0.1) is 19.6 Å². The molecule has 0 unspecified atom stereocenters. The number of esters is 1. The number of carbonyl (C=O) groups is 1. The van der Waals surface area contributed by atoms with Crippen molar-refractivity contribution in [1.29, 1.82) is 0 Å². The van der Waals surface area contributed by atoms with Gasteiger partial charge in [-0.2, -0.15) is 0 Å². The molecule has 5 heteroatoms. The van der Waals surface area contributed by atoms with Gasteiger partial charge in [0.15, 0.2) is 11.6 Å². The molecule has 0 saturated heterocycles. The van der Waals surface area contributed by atoms with E-state index in [1.54, 1.807) is 0 Å². The molecule has 0 bridgehead atoms. The number of phenols is 1. The number of hydrogen-bond acceptors (Lipinski definition) is 4. The van der Waals surface area contributed by atoms with Crippen molar-refractivity contribution in [2.24, 2.45) is 0 Å². The summed E-state index contributed by atoms with van der Waals surface area (Å²) in [5, 5.41) is 18.4. The average molecular weight is 214 g/mol. The van der Waals surface area contributed by atoms with Crippen LogP contribution in [0.1, 0.15) is 18.1 Å². The Morgan fingerprint density at radius 1 is 1.60 bits per heavy atom. The third-order valence-corrected chi connectivity index (χ3v) is 1.94. The Kier molecular flexibility index (Phi) is 3.62. The second kappa shape index (κ2) is 4.75. The second-order valence-electron chi connectivity index (χ2n) is 3.01. The largest absolute Gasteiger partial charge is 0.505 e. The zero-order valence-corrected chi connectivity index (χ0v) is 8.11. The van der Waals surface area contributed by atoms with Gasteiger partial charge in [-0.3, -0.25) is 4.79 Å². The summed E-state index contributed by atoms with van der Waals surface area (Å²) >= 11 is 0. The number of aliphatic hydroxyl groups excluding tert-OH is 1. The fourth-order valence-electron chi connectivity index (χ4n) is 1.09. The van der Waals surface area contributed by atoms with E-state index in [0.29, 0.717) is 0 Å². The summed E-state index contributed by atoms with van der Waals surface area (Å²) in [4.78, 5) is 10.8. The standard InChI is InChI=1S/C10H11FO4/c1-15-10(14)5-9(13)6-2-3-8(12)7(11)4-6/h2-4,9,12-13H,5H2,1H3/t9-/m1/s1. The smallest absolute Gasteiger partial charge is 0.308 e. The maximum absolute atomic E-state index is 12.9. The van der Waals surface area contributed by atoms with Crippen molar-refractivity contribution in [3.63, 3.8) is 0 Å². The number of carbonyl (C=O) groups excluding carboxylic acids is 1. The lowest BCUT2D eigenvalue weighted by molar-refractivity contribution is -0.142. The van der Waals surface area contributed by atoms with E-state index in [2.05, 4.69) is 4.74 Å². The summed E-state index contributed by atoms with van der Waals surface area (Å²) < 4.78 is 17.2. The molecule has 0 saturated carbocycles. The summed E-state index contributed by atoms with van der Waals surface area (Å²) in [5.74, 6) is -1.92. The Balaban J connectivity index is 2.78. The molecule has 0 radical (unpaired) electrons. The van der Waals surface area contributed by atoms with Crippen molar-refractivity contribution in [2.75, 3.05) is 7.11 Å². The van der Waals surface area contributed by atoms with Crippen LogP contribution in [0.25, 0.3) is 0 Å². The SMILES string of the molecule is COC(=O)C[C@@H](O)c1ccc(O)c(F)c1. The predicted molar refractivity (Wildman–Crippen MR) is 49.7 cm³/mol. The molecule has 0 amide bonds. The third-order valence-electron chi connectivity index (χ3n) is 1.94. The van der Waals surface area contributed by atoms with Gasteiger partial charge >= 0.3 is 5.97 Å². The van der Waals surface area contributed by atoms with Crippen molar-refractivity contribution in [3.05, 3.63) is 29.6 Å². The van der Waals surface area contributed by atoms with Gasteiger partial charge in [0.25, 0.3) is 0 Å². The fraction of sp³-hybridized carbons (Fsp3) is 0.300. The Hall–Kier alpha value is -1.62. The Morgan fingerprint density at radius 3 is 2.80 bits per heavy atom. The molecule has 2 N–H and O–H groups in total. The van der Waals surface area contributed by atoms with Gasteiger partial charge < -0.3 is 14.9 Å². The van der Waals surface area contributed by atoms with Crippen LogP contribution in [0.3, 0.4) is 0 Å². The highest BCUT2D eigenvalue weighted by Gasteiger charge is 2.14. The maximum Gasteiger partial charge on any atom is 0.308 e. The molecule has 4 nitrogen and oxygen atoms in total. The van der Waals surface area contributed by atoms with Gasteiger partial charge in [0.2, 0.25) is 0 Å². The van der Waals surface area contributed by atoms with E-state index in [0.717, 1.165) is 12.1 Å². The molecule has 0 aliphatic heterocycles. The minimum atomic E-state index is -1.13. The fourth-order valence-corrected chi connectivity index (χ4v) is 1.09. The Bertz CT molecular complexity index is 364. The number of aromatic hydroxyl groups is 1. The highest BCUT2D eigenvalue weighted by Crippen LogP contribution is 2.22. The van der Waals surface area contributed by atoms with Gasteiger partial charge in [-0.15, -0.1) is 0 Å². The summed E-state index contributed by atoms with van der Waals surface area (Å²) in [6, 6.07) is 3.43. The van der Waals surface area contributed by atoms with Crippen molar-refractivity contribution >= 4 is 5.97 Å². The quantitative estimate of drug-likeness (QED) is 0.740. The van der Waals surface area contributed by atoms with Crippen LogP contribution < -0.4 is 0 Å². The molecule has 0 aliphatic rings. The van der Waals surface area contributed by atoms with Crippen LogP contribution in [0.2, 0.25) is 0 Å². The first-order valence-corrected chi connectivity index (χ1v) is 4.28. The van der Waals surface area contributed by atoms with Crippen molar-refractivity contribution < 1.29 is 24.1 Å². The van der Waals surface area contributed by atoms with E-state index in [9.17, 15) is 14.3 Å². The van der Waals surface area contributed by atoms with E-state index in [-0.39, 0.29) is 12.0 Å². The van der Waals surface area contributed by atoms with E-state index >= 15 is 0 Å². The highest BCUT2D eigenvalue weighted by atomic mass is 19.1. The lowest BCUT2D eigenvalue weighted by atomic mass is 10.1. The number of aliphatic hydroxyl groups is 1. The van der Waals surface area contributed by atoms with Crippen LogP contribution in [0.15, 0.2) is 18.2 Å². The summed E-state index contributed by atoms with van der Waals surface area (Å²) in [6.45, 7) is 0. The third kappa shape index (κ3) is 2.92. The molecule has 1 rings (SSSR count). The van der Waals surface area contributed by atoms with E-state index in [1.165, 1.54) is 13.2 Å². The molecule has 1 atom stereocenters. The topological polar surface area (TPSA) is 66.8 Å². The molecule has 1 aromatic rings. The van der Waals surface area contributed by atoms with Crippen LogP contribution in [0.4, 0.5) is 4.39 Å². The molecule has 0 spiro atoms. The van der Waals surface area contributed by atoms with Gasteiger partial charge in [-0.25, -0.2) is 4.39 Å². The predicted octanol–water partition coefficient (Wildman–Crippen LogP) is 1.13. The van der Waals surface area contributed by atoms with E-state index in [4.69, 9.17) is 5.11 Å². The summed E-state index contributed by atoms with van der Waals surface area (Å²) in [7, 11) is 1.20. The normalized spacial score (nSPS) is 12.2. The first-order chi connectivity index (χ1) is 7.04. The van der Waals surface area contributed by atoms with E-state index in [1.807, 2.05) is 0 Å². The second-order valence-corrected chi connectivity index (χ2v) is 3.01. The number of benzene rings is 1. The lowest BCUT2D eigenvalue weighted by Gasteiger charge is -2.09. The zero-order valence-electron chi connectivity index (χ0n) is 8.11. The molecule has 1 aromatic carbocycles. The first-order valence-electron chi connectivity index (χ1n) is 4.28. The number of rotatable bonds is 3. The molecule has 0 fully saturated rings. The number of halogens is 1. The Morgan fingerprint density at radius 2 is 2.27 bits per heavy atom.